The topological polar surface area (TPSA) is 110 Å². The van der Waals surface area contributed by atoms with Gasteiger partial charge >= 0.3 is 5.97 Å². The molecule has 4 rings (SSSR count). The molecule has 3 aromatic rings. The van der Waals surface area contributed by atoms with Crippen LogP contribution in [0, 0.1) is 18.3 Å². The number of allylic oxidation sites excluding steroid dienone is 2. The second-order valence-corrected chi connectivity index (χ2v) is 10.7. The predicted molar refractivity (Wildman–Crippen MR) is 168 cm³/mol. The Morgan fingerprint density at radius 2 is 1.81 bits per heavy atom. The average molecular weight is 596 g/mol. The van der Waals surface area contributed by atoms with E-state index in [0.717, 1.165) is 11.1 Å². The van der Waals surface area contributed by atoms with Crippen molar-refractivity contribution in [2.45, 2.75) is 26.4 Å². The highest BCUT2D eigenvalue weighted by Gasteiger charge is 2.36. The quantitative estimate of drug-likeness (QED) is 0.183. The molecule has 0 bridgehead atoms. The molecule has 8 nitrogen and oxygen atoms in total. The molecule has 1 heterocycles. The van der Waals surface area contributed by atoms with E-state index in [2.05, 4.69) is 23.3 Å². The molecule has 1 aliphatic rings. The maximum Gasteiger partial charge on any atom is 0.337 e. The lowest BCUT2D eigenvalue weighted by atomic mass is 9.82. The summed E-state index contributed by atoms with van der Waals surface area (Å²) >= 11 is 1.19. The SMILES string of the molecule is C=CCOC(=O)C1=C(C)NC(SCC(=O)Nc2ccc(C)cc2)=C(C#N)[C@@H]1c1ccc(OCc2ccccc2)c(OC)c1. The zero-order chi connectivity index (χ0) is 30.8. The first-order chi connectivity index (χ1) is 20.8. The maximum atomic E-state index is 13.3. The van der Waals surface area contributed by atoms with Crippen molar-refractivity contribution in [3.05, 3.63) is 124 Å². The number of anilines is 1. The van der Waals surface area contributed by atoms with Gasteiger partial charge in [0.05, 0.1) is 41.0 Å². The van der Waals surface area contributed by atoms with E-state index < -0.39 is 11.9 Å². The smallest absolute Gasteiger partial charge is 0.337 e. The fraction of sp³-hybridized carbons (Fsp3) is 0.206. The number of nitrogens with one attached hydrogen (secondary N) is 2. The lowest BCUT2D eigenvalue weighted by Crippen LogP contribution is -2.29. The normalized spacial score (nSPS) is 14.3. The predicted octanol–water partition coefficient (Wildman–Crippen LogP) is 6.38. The van der Waals surface area contributed by atoms with Gasteiger partial charge in [0.25, 0.3) is 0 Å². The van der Waals surface area contributed by atoms with Gasteiger partial charge in [-0.15, -0.1) is 0 Å². The molecule has 9 heteroatoms. The summed E-state index contributed by atoms with van der Waals surface area (Å²) in [5.74, 6) is -0.558. The van der Waals surface area contributed by atoms with Crippen molar-refractivity contribution in [2.75, 3.05) is 24.8 Å². The molecule has 0 spiro atoms. The van der Waals surface area contributed by atoms with Gasteiger partial charge in [0.2, 0.25) is 5.91 Å². The number of hydrogen-bond acceptors (Lipinski definition) is 8. The molecule has 0 aromatic heterocycles. The molecule has 2 N–H and O–H groups in total. The molecule has 43 heavy (non-hydrogen) atoms. The number of carbonyl (C=O) groups is 2. The molecular formula is C34H33N3O5S. The fourth-order valence-electron chi connectivity index (χ4n) is 4.53. The van der Waals surface area contributed by atoms with Crippen LogP contribution >= 0.6 is 11.8 Å². The zero-order valence-corrected chi connectivity index (χ0v) is 25.1. The first-order valence-corrected chi connectivity index (χ1v) is 14.6. The Morgan fingerprint density at radius 3 is 2.49 bits per heavy atom. The number of amides is 1. The van der Waals surface area contributed by atoms with Crippen LogP contribution in [0.4, 0.5) is 5.69 Å². The van der Waals surface area contributed by atoms with Crippen molar-refractivity contribution in [2.24, 2.45) is 0 Å². The van der Waals surface area contributed by atoms with E-state index in [1.807, 2.05) is 61.5 Å². The molecule has 0 saturated carbocycles. The number of rotatable bonds is 12. The van der Waals surface area contributed by atoms with Crippen LogP contribution in [-0.4, -0.2) is 31.3 Å². The number of methoxy groups -OCH3 is 1. The molecule has 0 radical (unpaired) electrons. The van der Waals surface area contributed by atoms with Gasteiger partial charge in [0.1, 0.15) is 13.2 Å². The molecule has 1 aliphatic heterocycles. The number of nitriles is 1. The monoisotopic (exact) mass is 595 g/mol. The lowest BCUT2D eigenvalue weighted by molar-refractivity contribution is -0.138. The van der Waals surface area contributed by atoms with Gasteiger partial charge < -0.3 is 24.8 Å². The Bertz CT molecular complexity index is 1590. The first-order valence-electron chi connectivity index (χ1n) is 13.6. The molecule has 0 fully saturated rings. The number of carbonyl (C=O) groups excluding carboxylic acids is 2. The van der Waals surface area contributed by atoms with Crippen LogP contribution in [0.1, 0.15) is 29.5 Å². The molecule has 0 saturated heterocycles. The summed E-state index contributed by atoms with van der Waals surface area (Å²) in [6.45, 7) is 7.70. The van der Waals surface area contributed by atoms with Gasteiger partial charge in [-0.3, -0.25) is 4.79 Å². The largest absolute Gasteiger partial charge is 0.493 e. The van der Waals surface area contributed by atoms with Crippen LogP contribution in [0.5, 0.6) is 11.5 Å². The van der Waals surface area contributed by atoms with Crippen molar-refractivity contribution in [3.63, 3.8) is 0 Å². The van der Waals surface area contributed by atoms with Crippen LogP contribution < -0.4 is 20.1 Å². The van der Waals surface area contributed by atoms with E-state index in [1.165, 1.54) is 24.9 Å². The summed E-state index contributed by atoms with van der Waals surface area (Å²) in [5.41, 5.74) is 4.49. The minimum atomic E-state index is -0.775. The highest BCUT2D eigenvalue weighted by atomic mass is 32.2. The standard InChI is InChI=1S/C34H33N3O5S/c1-5-17-41-34(39)31-23(3)36-33(43-21-30(38)37-26-14-11-22(2)12-15-26)27(19-35)32(31)25-13-16-28(29(18-25)40-4)42-20-24-9-7-6-8-10-24/h5-16,18,32,36H,1,17,20-21H2,2-4H3,(H,37,38)/t32-/m0/s1. The number of dihydropyridines is 1. The second-order valence-electron chi connectivity index (χ2n) is 9.73. The fourth-order valence-corrected chi connectivity index (χ4v) is 5.42. The number of ether oxygens (including phenoxy) is 3. The third-order valence-corrected chi connectivity index (χ3v) is 7.66. The first kappa shape index (κ1) is 31.0. The Balaban J connectivity index is 1.64. The third-order valence-electron chi connectivity index (χ3n) is 6.64. The summed E-state index contributed by atoms with van der Waals surface area (Å²) in [6, 6.07) is 24.8. The Morgan fingerprint density at radius 1 is 1.07 bits per heavy atom. The molecule has 220 valence electrons. The summed E-state index contributed by atoms with van der Waals surface area (Å²) in [5, 5.41) is 16.9. The number of benzene rings is 3. The van der Waals surface area contributed by atoms with Crippen LogP contribution in [0.25, 0.3) is 0 Å². The highest BCUT2D eigenvalue weighted by molar-refractivity contribution is 8.03. The third kappa shape index (κ3) is 7.87. The number of nitrogens with zero attached hydrogens (tertiary/aromatic N) is 1. The molecule has 1 atom stereocenters. The van der Waals surface area contributed by atoms with Gasteiger partial charge in [-0.2, -0.15) is 5.26 Å². The summed E-state index contributed by atoms with van der Waals surface area (Å²) in [7, 11) is 1.53. The van der Waals surface area contributed by atoms with Crippen LogP contribution in [0.3, 0.4) is 0 Å². The van der Waals surface area contributed by atoms with Crippen molar-refractivity contribution < 1.29 is 23.8 Å². The van der Waals surface area contributed by atoms with Crippen LogP contribution in [0.15, 0.2) is 107 Å². The van der Waals surface area contributed by atoms with E-state index >= 15 is 0 Å². The van der Waals surface area contributed by atoms with Gasteiger partial charge in [-0.25, -0.2) is 4.79 Å². The summed E-state index contributed by atoms with van der Waals surface area (Å²) < 4.78 is 17.1. The van der Waals surface area contributed by atoms with E-state index in [-0.39, 0.29) is 29.4 Å². The van der Waals surface area contributed by atoms with E-state index in [1.54, 1.807) is 25.1 Å². The van der Waals surface area contributed by atoms with Crippen LogP contribution in [0.2, 0.25) is 0 Å². The summed E-state index contributed by atoms with van der Waals surface area (Å²) in [4.78, 5) is 26.0. The van der Waals surface area contributed by atoms with Crippen LogP contribution in [-0.2, 0) is 20.9 Å². The van der Waals surface area contributed by atoms with Crippen molar-refractivity contribution in [3.8, 4) is 17.6 Å². The van der Waals surface area contributed by atoms with Gasteiger partial charge in [0.15, 0.2) is 11.5 Å². The number of thioether (sulfide) groups is 1. The molecule has 3 aromatic carbocycles. The minimum Gasteiger partial charge on any atom is -0.493 e. The average Bonchev–Trinajstić information content (AvgIpc) is 3.02. The van der Waals surface area contributed by atoms with E-state index in [0.29, 0.717) is 40.1 Å². The van der Waals surface area contributed by atoms with E-state index in [4.69, 9.17) is 14.2 Å². The van der Waals surface area contributed by atoms with E-state index in [9.17, 15) is 14.9 Å². The molecule has 1 amide bonds. The van der Waals surface area contributed by atoms with Crippen molar-refractivity contribution in [1.29, 1.82) is 5.26 Å². The Hall–Kier alpha value is -4.94. The highest BCUT2D eigenvalue weighted by Crippen LogP contribution is 2.43. The van der Waals surface area contributed by atoms with Crippen molar-refractivity contribution >= 4 is 29.3 Å². The Kier molecular flexibility index (Phi) is 10.7. The number of esters is 1. The molecule has 0 aliphatic carbocycles. The zero-order valence-electron chi connectivity index (χ0n) is 24.3. The number of aryl methyl sites for hydroxylation is 1. The maximum absolute atomic E-state index is 13.3. The summed E-state index contributed by atoms with van der Waals surface area (Å²) in [6.07, 6.45) is 1.48. The molecule has 0 unspecified atom stereocenters. The van der Waals surface area contributed by atoms with Gasteiger partial charge in [0, 0.05) is 11.4 Å². The van der Waals surface area contributed by atoms with Gasteiger partial charge in [-0.05, 0) is 49.2 Å². The Labute approximate surface area is 256 Å². The second kappa shape index (κ2) is 14.8. The molecular weight excluding hydrogens is 562 g/mol. The van der Waals surface area contributed by atoms with Crippen molar-refractivity contribution in [1.82, 2.24) is 5.32 Å². The number of hydrogen-bond donors (Lipinski definition) is 2. The minimum absolute atomic E-state index is 0.0182. The van der Waals surface area contributed by atoms with Gasteiger partial charge in [-0.1, -0.05) is 78.5 Å². The lowest BCUT2D eigenvalue weighted by Gasteiger charge is -2.29.